The standard InChI is InChI=1S/C40H26N8/c1-3-27(23-43-17-1)39-33-9-7-31(46-33)37(25-13-19-41-20-14-25)29-5-6-30(45-29)38(26-15-21-42-22-16-26)32-8-10-34(47-32)40(28-4-2-18-44-24-28)36-12-11-35(39)48-36/h1-24,46-47H. The summed E-state index contributed by atoms with van der Waals surface area (Å²) in [5, 5.41) is 0. The summed E-state index contributed by atoms with van der Waals surface area (Å²) in [4.78, 5) is 35.5. The van der Waals surface area contributed by atoms with Crippen molar-refractivity contribution in [1.29, 1.82) is 0 Å². The monoisotopic (exact) mass is 618 g/mol. The van der Waals surface area contributed by atoms with E-state index in [0.29, 0.717) is 0 Å². The molecule has 2 aliphatic rings. The minimum atomic E-state index is 0.829. The number of nitrogens with one attached hydrogen (secondary N) is 2. The van der Waals surface area contributed by atoms with Gasteiger partial charge in [0.2, 0.25) is 0 Å². The van der Waals surface area contributed by atoms with Crippen LogP contribution in [0.1, 0.15) is 22.8 Å². The Morgan fingerprint density at radius 3 is 1.02 bits per heavy atom. The lowest BCUT2D eigenvalue weighted by molar-refractivity contribution is 1.28. The van der Waals surface area contributed by atoms with Crippen molar-refractivity contribution in [2.45, 2.75) is 0 Å². The van der Waals surface area contributed by atoms with E-state index in [4.69, 9.17) is 9.97 Å². The summed E-state index contributed by atoms with van der Waals surface area (Å²) in [6.07, 6.45) is 22.9. The molecule has 0 spiro atoms. The van der Waals surface area contributed by atoms with E-state index in [-0.39, 0.29) is 0 Å². The fourth-order valence-electron chi connectivity index (χ4n) is 6.48. The molecule has 0 unspecified atom stereocenters. The third-order valence-corrected chi connectivity index (χ3v) is 8.59. The zero-order valence-corrected chi connectivity index (χ0v) is 25.5. The highest BCUT2D eigenvalue weighted by Crippen LogP contribution is 2.37. The summed E-state index contributed by atoms with van der Waals surface area (Å²) in [5.74, 6) is 0. The fourth-order valence-corrected chi connectivity index (χ4v) is 6.48. The molecular formula is C40H26N8. The molecular weight excluding hydrogens is 592 g/mol. The number of hydrogen-bond donors (Lipinski definition) is 2. The number of hydrogen-bond acceptors (Lipinski definition) is 6. The van der Waals surface area contributed by atoms with E-state index in [9.17, 15) is 0 Å². The molecule has 2 N–H and O–H groups in total. The molecule has 7 aromatic heterocycles. The maximum Gasteiger partial charge on any atom is 0.0737 e. The van der Waals surface area contributed by atoms with Crippen molar-refractivity contribution in [3.05, 3.63) is 145 Å². The normalized spacial score (nSPS) is 12.0. The molecule has 7 aromatic rings. The van der Waals surface area contributed by atoms with Crippen LogP contribution in [0.3, 0.4) is 0 Å². The SMILES string of the molecule is C1=Cc2nc1c(-c1ccncc1)c1ccc([nH]1)c(-c1cccnc1)c1nc(c(-c3cccnc3)c3ccc([nH]3)c2-c2ccncc2)C=C1. The topological polar surface area (TPSA) is 109 Å². The van der Waals surface area contributed by atoms with Crippen molar-refractivity contribution in [3.63, 3.8) is 0 Å². The van der Waals surface area contributed by atoms with E-state index < -0.39 is 0 Å². The van der Waals surface area contributed by atoms with Crippen LogP contribution in [0.15, 0.2) is 122 Å². The predicted molar refractivity (Wildman–Crippen MR) is 192 cm³/mol. The van der Waals surface area contributed by atoms with Crippen molar-refractivity contribution >= 4 is 46.4 Å². The molecule has 9 rings (SSSR count). The van der Waals surface area contributed by atoms with Crippen LogP contribution >= 0.6 is 0 Å². The van der Waals surface area contributed by atoms with Gasteiger partial charge in [-0.05, 0) is 96.1 Å². The highest BCUT2D eigenvalue weighted by Gasteiger charge is 2.18. The number of pyridine rings is 4. The lowest BCUT2D eigenvalue weighted by Gasteiger charge is -2.06. The van der Waals surface area contributed by atoms with Gasteiger partial charge < -0.3 is 9.97 Å². The van der Waals surface area contributed by atoms with Gasteiger partial charge in [0, 0.05) is 105 Å². The number of nitrogens with zero attached hydrogens (tertiary/aromatic N) is 6. The predicted octanol–water partition coefficient (Wildman–Crippen LogP) is 8.90. The van der Waals surface area contributed by atoms with Crippen LogP contribution in [0.25, 0.3) is 90.9 Å². The van der Waals surface area contributed by atoms with Crippen LogP contribution in [-0.2, 0) is 0 Å². The molecule has 0 atom stereocenters. The molecule has 8 heteroatoms. The van der Waals surface area contributed by atoms with E-state index in [1.807, 2.05) is 73.6 Å². The van der Waals surface area contributed by atoms with E-state index in [1.54, 1.807) is 12.4 Å². The Labute approximate surface area is 275 Å². The van der Waals surface area contributed by atoms with Gasteiger partial charge in [-0.3, -0.25) is 19.9 Å². The molecule has 8 nitrogen and oxygen atoms in total. The Balaban J connectivity index is 1.49. The maximum absolute atomic E-state index is 5.29. The van der Waals surface area contributed by atoms with Gasteiger partial charge in [0.15, 0.2) is 0 Å². The van der Waals surface area contributed by atoms with Crippen LogP contribution < -0.4 is 0 Å². The van der Waals surface area contributed by atoms with Crippen LogP contribution in [0, 0.1) is 0 Å². The Hall–Kier alpha value is -6.80. The van der Waals surface area contributed by atoms with E-state index in [1.165, 1.54) is 0 Å². The Kier molecular flexibility index (Phi) is 6.61. The van der Waals surface area contributed by atoms with Gasteiger partial charge in [-0.2, -0.15) is 0 Å². The summed E-state index contributed by atoms with van der Waals surface area (Å²) >= 11 is 0. The molecule has 0 fully saturated rings. The molecule has 9 heterocycles. The fraction of sp³-hybridized carbons (Fsp3) is 0. The largest absolute Gasteiger partial charge is 0.354 e. The summed E-state index contributed by atoms with van der Waals surface area (Å²) in [6.45, 7) is 0. The first-order valence-electron chi connectivity index (χ1n) is 15.6. The summed E-state index contributed by atoms with van der Waals surface area (Å²) in [7, 11) is 0. The van der Waals surface area contributed by atoms with Crippen LogP contribution in [0.2, 0.25) is 0 Å². The van der Waals surface area contributed by atoms with Gasteiger partial charge in [-0.25, -0.2) is 9.97 Å². The van der Waals surface area contributed by atoms with Crippen LogP contribution in [0.5, 0.6) is 0 Å². The average molecular weight is 619 g/mol. The summed E-state index contributed by atoms with van der Waals surface area (Å²) < 4.78 is 0. The lowest BCUT2D eigenvalue weighted by Crippen LogP contribution is -1.90. The number of aromatic nitrogens is 8. The number of rotatable bonds is 4. The second kappa shape index (κ2) is 11.5. The second-order valence-electron chi connectivity index (χ2n) is 11.5. The molecule has 0 saturated carbocycles. The first-order chi connectivity index (χ1) is 23.8. The Morgan fingerprint density at radius 2 is 0.688 bits per heavy atom. The zero-order chi connectivity index (χ0) is 31.9. The lowest BCUT2D eigenvalue weighted by atomic mass is 10.1. The summed E-state index contributed by atoms with van der Waals surface area (Å²) in [5.41, 5.74) is 14.8. The molecule has 0 saturated heterocycles. The van der Waals surface area contributed by atoms with E-state index in [0.717, 1.165) is 89.4 Å². The second-order valence-corrected chi connectivity index (χ2v) is 11.5. The van der Waals surface area contributed by atoms with Gasteiger partial charge in [0.1, 0.15) is 0 Å². The van der Waals surface area contributed by atoms with Gasteiger partial charge in [-0.15, -0.1) is 0 Å². The minimum absolute atomic E-state index is 0.829. The minimum Gasteiger partial charge on any atom is -0.354 e. The molecule has 0 aliphatic carbocycles. The number of fused-ring (bicyclic) bond motifs is 8. The van der Waals surface area contributed by atoms with Crippen molar-refractivity contribution in [2.24, 2.45) is 0 Å². The third kappa shape index (κ3) is 4.80. The van der Waals surface area contributed by atoms with Crippen molar-refractivity contribution in [1.82, 2.24) is 39.9 Å². The zero-order valence-electron chi connectivity index (χ0n) is 25.5. The van der Waals surface area contributed by atoms with E-state index >= 15 is 0 Å². The third-order valence-electron chi connectivity index (χ3n) is 8.59. The van der Waals surface area contributed by atoms with Gasteiger partial charge in [0.25, 0.3) is 0 Å². The van der Waals surface area contributed by atoms with Crippen molar-refractivity contribution < 1.29 is 0 Å². The molecule has 0 radical (unpaired) electrons. The average Bonchev–Trinajstić information content (AvgIpc) is 3.98. The van der Waals surface area contributed by atoms with Crippen LogP contribution in [0.4, 0.5) is 0 Å². The van der Waals surface area contributed by atoms with Gasteiger partial charge >= 0.3 is 0 Å². The van der Waals surface area contributed by atoms with E-state index in [2.05, 4.69) is 90.6 Å². The number of H-pyrrole nitrogens is 2. The molecule has 48 heavy (non-hydrogen) atoms. The smallest absolute Gasteiger partial charge is 0.0737 e. The first-order valence-corrected chi connectivity index (χ1v) is 15.6. The highest BCUT2D eigenvalue weighted by molar-refractivity contribution is 5.99. The number of aromatic amines is 2. The van der Waals surface area contributed by atoms with Gasteiger partial charge in [-0.1, -0.05) is 12.1 Å². The highest BCUT2D eigenvalue weighted by atomic mass is 14.8. The van der Waals surface area contributed by atoms with Gasteiger partial charge in [0.05, 0.1) is 22.8 Å². The first kappa shape index (κ1) is 27.5. The Bertz CT molecular complexity index is 2190. The quantitative estimate of drug-likeness (QED) is 0.204. The Morgan fingerprint density at radius 1 is 0.333 bits per heavy atom. The molecule has 0 amide bonds. The molecule has 2 aliphatic heterocycles. The molecule has 0 aromatic carbocycles. The summed E-state index contributed by atoms with van der Waals surface area (Å²) in [6, 6.07) is 24.5. The van der Waals surface area contributed by atoms with Crippen molar-refractivity contribution in [3.8, 4) is 44.5 Å². The maximum atomic E-state index is 5.29. The van der Waals surface area contributed by atoms with Crippen LogP contribution in [-0.4, -0.2) is 39.9 Å². The molecule has 8 bridgehead atoms. The van der Waals surface area contributed by atoms with Crippen molar-refractivity contribution in [2.75, 3.05) is 0 Å². The molecule has 226 valence electrons.